The summed E-state index contributed by atoms with van der Waals surface area (Å²) in [6.45, 7) is 0. The van der Waals surface area contributed by atoms with Crippen molar-refractivity contribution >= 4 is 11.9 Å². The number of hydrogen-bond donors (Lipinski definition) is 4. The normalized spacial score (nSPS) is 21.9. The summed E-state index contributed by atoms with van der Waals surface area (Å²) in [5.41, 5.74) is 6.86. The van der Waals surface area contributed by atoms with Crippen LogP contribution in [0.1, 0.15) is 18.0 Å². The van der Waals surface area contributed by atoms with Crippen molar-refractivity contribution in [2.75, 3.05) is 5.32 Å². The lowest BCUT2D eigenvalue weighted by molar-refractivity contribution is -0.117. The Kier molecular flexibility index (Phi) is 3.40. The molecule has 0 radical (unpaired) electrons. The Balaban J connectivity index is 1.61. The van der Waals surface area contributed by atoms with Crippen molar-refractivity contribution in [1.29, 1.82) is 0 Å². The van der Waals surface area contributed by atoms with Gasteiger partial charge in [-0.25, -0.2) is 20.3 Å². The van der Waals surface area contributed by atoms with Gasteiger partial charge in [-0.2, -0.15) is 10.1 Å². The second-order valence-electron chi connectivity index (χ2n) is 4.50. The van der Waals surface area contributed by atoms with Crippen molar-refractivity contribution in [2.45, 2.75) is 18.5 Å². The lowest BCUT2D eigenvalue weighted by Gasteiger charge is -2.09. The van der Waals surface area contributed by atoms with Crippen molar-refractivity contribution < 1.29 is 9.18 Å². The maximum Gasteiger partial charge on any atom is 0.245 e. The van der Waals surface area contributed by atoms with Gasteiger partial charge in [0.15, 0.2) is 0 Å². The highest BCUT2D eigenvalue weighted by Crippen LogP contribution is 2.22. The molecule has 0 spiro atoms. The monoisotopic (exact) mass is 276 g/mol. The Morgan fingerprint density at radius 1 is 1.30 bits per heavy atom. The minimum Gasteiger partial charge on any atom is -0.293 e. The number of aromatic amines is 1. The molecule has 0 bridgehead atoms. The highest BCUT2D eigenvalue weighted by Gasteiger charge is 2.30. The molecule has 1 saturated heterocycles. The zero-order valence-corrected chi connectivity index (χ0v) is 10.4. The average molecular weight is 276 g/mol. The lowest BCUT2D eigenvalue weighted by Crippen LogP contribution is -2.39. The number of H-pyrrole nitrogens is 1. The van der Waals surface area contributed by atoms with Crippen LogP contribution in [-0.2, 0) is 4.79 Å². The molecule has 3 rings (SSSR count). The van der Waals surface area contributed by atoms with Gasteiger partial charge in [-0.15, -0.1) is 0 Å². The fraction of sp³-hybridized carbons (Fsp3) is 0.250. The fourth-order valence-electron chi connectivity index (χ4n) is 2.11. The molecular weight excluding hydrogens is 263 g/mol. The third kappa shape index (κ3) is 2.65. The van der Waals surface area contributed by atoms with Crippen molar-refractivity contribution in [3.63, 3.8) is 0 Å². The fourth-order valence-corrected chi connectivity index (χ4v) is 2.11. The summed E-state index contributed by atoms with van der Waals surface area (Å²) < 4.78 is 12.9. The van der Waals surface area contributed by atoms with Gasteiger partial charge in [0.05, 0.1) is 0 Å². The second-order valence-corrected chi connectivity index (χ2v) is 4.50. The van der Waals surface area contributed by atoms with Crippen molar-refractivity contribution in [1.82, 2.24) is 26.0 Å². The number of amides is 1. The molecule has 1 aromatic carbocycles. The first-order valence-corrected chi connectivity index (χ1v) is 6.15. The molecule has 2 atom stereocenters. The molecule has 1 aliphatic rings. The number of nitrogens with zero attached hydrogens (tertiary/aromatic N) is 2. The minimum atomic E-state index is -0.393. The molecule has 1 fully saturated rings. The Bertz CT molecular complexity index is 585. The van der Waals surface area contributed by atoms with Crippen LogP contribution in [0.15, 0.2) is 30.6 Å². The maximum absolute atomic E-state index is 12.9. The number of hydrogen-bond acceptors (Lipinski definition) is 5. The maximum atomic E-state index is 12.9. The third-order valence-electron chi connectivity index (χ3n) is 3.15. The average Bonchev–Trinajstić information content (AvgIpc) is 3.10. The van der Waals surface area contributed by atoms with E-state index in [1.165, 1.54) is 18.5 Å². The Morgan fingerprint density at radius 2 is 2.10 bits per heavy atom. The molecule has 0 aliphatic carbocycles. The van der Waals surface area contributed by atoms with Gasteiger partial charge in [0, 0.05) is 6.04 Å². The topological polar surface area (TPSA) is 94.7 Å². The van der Waals surface area contributed by atoms with Gasteiger partial charge in [0.1, 0.15) is 18.2 Å². The van der Waals surface area contributed by atoms with Gasteiger partial charge in [-0.05, 0) is 24.1 Å². The van der Waals surface area contributed by atoms with E-state index in [1.54, 1.807) is 12.1 Å². The summed E-state index contributed by atoms with van der Waals surface area (Å²) in [7, 11) is 0. The summed E-state index contributed by atoms with van der Waals surface area (Å²) in [6.07, 6.45) is 1.88. The van der Waals surface area contributed by atoms with Crippen LogP contribution in [0.5, 0.6) is 0 Å². The van der Waals surface area contributed by atoms with Crippen LogP contribution >= 0.6 is 0 Å². The van der Waals surface area contributed by atoms with E-state index in [-0.39, 0.29) is 17.8 Å². The number of carbonyl (C=O) groups is 1. The number of hydrazine groups is 1. The lowest BCUT2D eigenvalue weighted by atomic mass is 10.0. The Labute approximate surface area is 114 Å². The minimum absolute atomic E-state index is 0.0407. The van der Waals surface area contributed by atoms with E-state index in [9.17, 15) is 9.18 Å². The van der Waals surface area contributed by atoms with Gasteiger partial charge in [-0.3, -0.25) is 10.1 Å². The van der Waals surface area contributed by atoms with Crippen LogP contribution in [0.2, 0.25) is 0 Å². The molecule has 1 amide bonds. The van der Waals surface area contributed by atoms with Crippen LogP contribution in [-0.4, -0.2) is 27.1 Å². The number of nitrogens with one attached hydrogen (secondary N) is 4. The summed E-state index contributed by atoms with van der Waals surface area (Å²) >= 11 is 0. The SMILES string of the molecule is O=C(Nc1ncn[nH]1)C1CC(c2ccc(F)cc2)NN1. The first-order valence-electron chi connectivity index (χ1n) is 6.15. The summed E-state index contributed by atoms with van der Waals surface area (Å²) in [6, 6.07) is 5.77. The number of rotatable bonds is 3. The highest BCUT2D eigenvalue weighted by atomic mass is 19.1. The van der Waals surface area contributed by atoms with Gasteiger partial charge in [-0.1, -0.05) is 12.1 Å². The molecule has 2 unspecified atom stereocenters. The van der Waals surface area contributed by atoms with Crippen LogP contribution in [0.4, 0.5) is 10.3 Å². The first kappa shape index (κ1) is 12.7. The van der Waals surface area contributed by atoms with E-state index >= 15 is 0 Å². The molecule has 2 heterocycles. The summed E-state index contributed by atoms with van der Waals surface area (Å²) in [5.74, 6) is -0.180. The zero-order chi connectivity index (χ0) is 13.9. The van der Waals surface area contributed by atoms with E-state index < -0.39 is 6.04 Å². The molecule has 2 aromatic rings. The number of carbonyl (C=O) groups excluding carboxylic acids is 1. The number of benzene rings is 1. The number of aromatic nitrogens is 3. The molecule has 1 aromatic heterocycles. The van der Waals surface area contributed by atoms with Crippen molar-refractivity contribution in [3.8, 4) is 0 Å². The predicted molar refractivity (Wildman–Crippen MR) is 68.8 cm³/mol. The van der Waals surface area contributed by atoms with Crippen LogP contribution in [0.3, 0.4) is 0 Å². The highest BCUT2D eigenvalue weighted by molar-refractivity contribution is 5.93. The molecule has 1 aliphatic heterocycles. The van der Waals surface area contributed by atoms with Gasteiger partial charge >= 0.3 is 0 Å². The van der Waals surface area contributed by atoms with Gasteiger partial charge < -0.3 is 0 Å². The zero-order valence-electron chi connectivity index (χ0n) is 10.4. The Hall–Kier alpha value is -2.32. The predicted octanol–water partition coefficient (Wildman–Crippen LogP) is 0.490. The smallest absolute Gasteiger partial charge is 0.245 e. The van der Waals surface area contributed by atoms with E-state index in [0.717, 1.165) is 5.56 Å². The standard InChI is InChI=1S/C12H13FN6O/c13-8-3-1-7(2-4-8)9-5-10(18-17-9)11(20)16-12-14-6-15-19-12/h1-4,6,9-10,17-18H,5H2,(H2,14,15,16,19,20). The van der Waals surface area contributed by atoms with Gasteiger partial charge in [0.2, 0.25) is 11.9 Å². The van der Waals surface area contributed by atoms with E-state index in [4.69, 9.17) is 0 Å². The third-order valence-corrected chi connectivity index (χ3v) is 3.15. The summed E-state index contributed by atoms with van der Waals surface area (Å²) in [5, 5.41) is 8.82. The molecular formula is C12H13FN6O. The second kappa shape index (κ2) is 5.35. The van der Waals surface area contributed by atoms with Crippen LogP contribution in [0.25, 0.3) is 0 Å². The largest absolute Gasteiger partial charge is 0.293 e. The number of halogens is 1. The summed E-state index contributed by atoms with van der Waals surface area (Å²) in [4.78, 5) is 15.8. The molecule has 7 nitrogen and oxygen atoms in total. The van der Waals surface area contributed by atoms with Crippen LogP contribution in [0, 0.1) is 5.82 Å². The molecule has 4 N–H and O–H groups in total. The molecule has 104 valence electrons. The molecule has 0 saturated carbocycles. The first-order chi connectivity index (χ1) is 9.72. The van der Waals surface area contributed by atoms with E-state index in [0.29, 0.717) is 12.4 Å². The molecule has 20 heavy (non-hydrogen) atoms. The van der Waals surface area contributed by atoms with E-state index in [2.05, 4.69) is 31.3 Å². The van der Waals surface area contributed by atoms with Crippen molar-refractivity contribution in [3.05, 3.63) is 42.0 Å². The number of anilines is 1. The van der Waals surface area contributed by atoms with E-state index in [1.807, 2.05) is 0 Å². The van der Waals surface area contributed by atoms with Crippen molar-refractivity contribution in [2.24, 2.45) is 0 Å². The van der Waals surface area contributed by atoms with Crippen LogP contribution < -0.4 is 16.2 Å². The quantitative estimate of drug-likeness (QED) is 0.654. The Morgan fingerprint density at radius 3 is 2.80 bits per heavy atom. The molecule has 8 heteroatoms. The van der Waals surface area contributed by atoms with Gasteiger partial charge in [0.25, 0.3) is 0 Å².